The van der Waals surface area contributed by atoms with Gasteiger partial charge in [-0.15, -0.1) is 0 Å². The van der Waals surface area contributed by atoms with Crippen LogP contribution < -0.4 is 15.6 Å². The zero-order valence-electron chi connectivity index (χ0n) is 9.61. The van der Waals surface area contributed by atoms with Crippen LogP contribution in [0.4, 0.5) is 5.69 Å². The molecule has 0 radical (unpaired) electrons. The predicted molar refractivity (Wildman–Crippen MR) is 68.0 cm³/mol. The highest BCUT2D eigenvalue weighted by Crippen LogP contribution is 2.15. The first-order valence-electron chi connectivity index (χ1n) is 5.16. The molecule has 0 amide bonds. The zero-order chi connectivity index (χ0) is 13.0. The van der Waals surface area contributed by atoms with Crippen molar-refractivity contribution in [2.75, 3.05) is 12.4 Å². The SMILES string of the molecule is COc1ccc(CNc2cn[nH]c(=O)c2Cl)cn1. The topological polar surface area (TPSA) is 79.9 Å². The van der Waals surface area contributed by atoms with Crippen molar-refractivity contribution in [3.63, 3.8) is 0 Å². The molecular weight excluding hydrogens is 256 g/mol. The lowest BCUT2D eigenvalue weighted by Gasteiger charge is -2.07. The number of ether oxygens (including phenoxy) is 1. The van der Waals surface area contributed by atoms with E-state index in [0.29, 0.717) is 18.1 Å². The highest BCUT2D eigenvalue weighted by molar-refractivity contribution is 6.32. The summed E-state index contributed by atoms with van der Waals surface area (Å²) >= 11 is 5.83. The van der Waals surface area contributed by atoms with Crippen LogP contribution in [0.2, 0.25) is 5.02 Å². The maximum absolute atomic E-state index is 11.2. The number of aromatic nitrogens is 3. The molecule has 0 aliphatic heterocycles. The van der Waals surface area contributed by atoms with E-state index in [9.17, 15) is 4.79 Å². The van der Waals surface area contributed by atoms with E-state index >= 15 is 0 Å². The van der Waals surface area contributed by atoms with Crippen LogP contribution in [-0.2, 0) is 6.54 Å². The van der Waals surface area contributed by atoms with Crippen LogP contribution in [0, 0.1) is 0 Å². The van der Waals surface area contributed by atoms with Crippen LogP contribution in [0.1, 0.15) is 5.56 Å². The van der Waals surface area contributed by atoms with Gasteiger partial charge in [0.05, 0.1) is 19.0 Å². The second-order valence-corrected chi connectivity index (χ2v) is 3.87. The van der Waals surface area contributed by atoms with E-state index < -0.39 is 5.56 Å². The number of rotatable bonds is 4. The smallest absolute Gasteiger partial charge is 0.285 e. The van der Waals surface area contributed by atoms with Gasteiger partial charge in [-0.2, -0.15) is 5.10 Å². The number of aromatic amines is 1. The van der Waals surface area contributed by atoms with E-state index in [0.717, 1.165) is 5.56 Å². The van der Waals surface area contributed by atoms with E-state index in [1.54, 1.807) is 19.4 Å². The van der Waals surface area contributed by atoms with Crippen LogP contribution >= 0.6 is 11.6 Å². The Morgan fingerprint density at radius 2 is 2.28 bits per heavy atom. The molecule has 0 spiro atoms. The van der Waals surface area contributed by atoms with Crippen molar-refractivity contribution in [1.82, 2.24) is 15.2 Å². The zero-order valence-corrected chi connectivity index (χ0v) is 10.4. The average molecular weight is 267 g/mol. The van der Waals surface area contributed by atoms with Gasteiger partial charge in [-0.3, -0.25) is 4.79 Å². The van der Waals surface area contributed by atoms with Gasteiger partial charge in [0.25, 0.3) is 5.56 Å². The van der Waals surface area contributed by atoms with Gasteiger partial charge in [-0.05, 0) is 5.56 Å². The molecule has 2 aromatic rings. The number of pyridine rings is 1. The number of H-pyrrole nitrogens is 1. The number of anilines is 1. The molecule has 7 heteroatoms. The van der Waals surface area contributed by atoms with Crippen LogP contribution in [0.25, 0.3) is 0 Å². The molecule has 0 aliphatic rings. The van der Waals surface area contributed by atoms with Crippen molar-refractivity contribution in [3.05, 3.63) is 45.5 Å². The van der Waals surface area contributed by atoms with Crippen LogP contribution in [0.3, 0.4) is 0 Å². The van der Waals surface area contributed by atoms with Crippen LogP contribution in [0.15, 0.2) is 29.3 Å². The predicted octanol–water partition coefficient (Wildman–Crippen LogP) is 1.44. The fraction of sp³-hybridized carbons (Fsp3) is 0.182. The second kappa shape index (κ2) is 5.50. The number of hydrogen-bond donors (Lipinski definition) is 2. The fourth-order valence-electron chi connectivity index (χ4n) is 1.34. The average Bonchev–Trinajstić information content (AvgIpc) is 2.41. The van der Waals surface area contributed by atoms with E-state index in [1.807, 2.05) is 6.07 Å². The summed E-state index contributed by atoms with van der Waals surface area (Å²) in [6.45, 7) is 0.488. The molecule has 0 aromatic carbocycles. The first-order valence-corrected chi connectivity index (χ1v) is 5.54. The third-order valence-corrected chi connectivity index (χ3v) is 2.66. The summed E-state index contributed by atoms with van der Waals surface area (Å²) in [6, 6.07) is 3.63. The van der Waals surface area contributed by atoms with Crippen molar-refractivity contribution in [2.45, 2.75) is 6.54 Å². The van der Waals surface area contributed by atoms with Gasteiger partial charge < -0.3 is 10.1 Å². The molecule has 2 rings (SSSR count). The van der Waals surface area contributed by atoms with Gasteiger partial charge in [0.2, 0.25) is 5.88 Å². The van der Waals surface area contributed by atoms with Gasteiger partial charge in [0, 0.05) is 18.8 Å². The van der Waals surface area contributed by atoms with Crippen molar-refractivity contribution in [3.8, 4) is 5.88 Å². The molecule has 0 unspecified atom stereocenters. The monoisotopic (exact) mass is 266 g/mol. The fourth-order valence-corrected chi connectivity index (χ4v) is 1.50. The molecule has 0 saturated carbocycles. The molecule has 0 bridgehead atoms. The molecule has 6 nitrogen and oxygen atoms in total. The first-order chi connectivity index (χ1) is 8.70. The van der Waals surface area contributed by atoms with Crippen molar-refractivity contribution in [1.29, 1.82) is 0 Å². The summed E-state index contributed by atoms with van der Waals surface area (Å²) in [7, 11) is 1.56. The van der Waals surface area contributed by atoms with Gasteiger partial charge in [-0.25, -0.2) is 10.1 Å². The normalized spacial score (nSPS) is 10.1. The highest BCUT2D eigenvalue weighted by Gasteiger charge is 2.04. The Kier molecular flexibility index (Phi) is 3.78. The lowest BCUT2D eigenvalue weighted by atomic mass is 10.3. The molecule has 0 saturated heterocycles. The largest absolute Gasteiger partial charge is 0.481 e. The number of methoxy groups -OCH3 is 1. The molecule has 2 N–H and O–H groups in total. The Labute approximate surface area is 108 Å². The van der Waals surface area contributed by atoms with E-state index in [4.69, 9.17) is 16.3 Å². The summed E-state index contributed by atoms with van der Waals surface area (Å²) in [6.07, 6.45) is 3.14. The summed E-state index contributed by atoms with van der Waals surface area (Å²) in [4.78, 5) is 15.3. The molecule has 18 heavy (non-hydrogen) atoms. The van der Waals surface area contributed by atoms with Crippen LogP contribution in [-0.4, -0.2) is 22.3 Å². The van der Waals surface area contributed by atoms with Crippen LogP contribution in [0.5, 0.6) is 5.88 Å². The van der Waals surface area contributed by atoms with E-state index in [2.05, 4.69) is 20.5 Å². The number of halogens is 1. The van der Waals surface area contributed by atoms with Crippen molar-refractivity contribution >= 4 is 17.3 Å². The Bertz CT molecular complexity index is 582. The van der Waals surface area contributed by atoms with E-state index in [-0.39, 0.29) is 5.02 Å². The minimum Gasteiger partial charge on any atom is -0.481 e. The second-order valence-electron chi connectivity index (χ2n) is 3.49. The lowest BCUT2D eigenvalue weighted by molar-refractivity contribution is 0.397. The van der Waals surface area contributed by atoms with E-state index in [1.165, 1.54) is 6.20 Å². The first kappa shape index (κ1) is 12.4. The van der Waals surface area contributed by atoms with Gasteiger partial charge >= 0.3 is 0 Å². The Hall–Kier alpha value is -2.08. The van der Waals surface area contributed by atoms with Crippen molar-refractivity contribution in [2.24, 2.45) is 0 Å². The van der Waals surface area contributed by atoms with Crippen molar-refractivity contribution < 1.29 is 4.74 Å². The third kappa shape index (κ3) is 2.78. The number of hydrogen-bond acceptors (Lipinski definition) is 5. The van der Waals surface area contributed by atoms with Gasteiger partial charge in [-0.1, -0.05) is 17.7 Å². The van der Waals surface area contributed by atoms with Gasteiger partial charge in [0.1, 0.15) is 5.02 Å². The summed E-state index contributed by atoms with van der Waals surface area (Å²) in [5.41, 5.74) is 0.998. The molecular formula is C11H11ClN4O2. The highest BCUT2D eigenvalue weighted by atomic mass is 35.5. The maximum Gasteiger partial charge on any atom is 0.285 e. The quantitative estimate of drug-likeness (QED) is 0.875. The lowest BCUT2D eigenvalue weighted by Crippen LogP contribution is -2.11. The minimum atomic E-state index is -0.422. The molecule has 0 fully saturated rings. The number of nitrogens with one attached hydrogen (secondary N) is 2. The molecule has 2 aromatic heterocycles. The standard InChI is InChI=1S/C11H11ClN4O2/c1-18-9-3-2-7(5-14-9)4-13-8-6-15-16-11(17)10(8)12/h2-3,5-6H,4H2,1H3,(H2,13,16,17). The molecule has 2 heterocycles. The third-order valence-electron chi connectivity index (χ3n) is 2.29. The summed E-state index contributed by atoms with van der Waals surface area (Å²) < 4.78 is 4.96. The summed E-state index contributed by atoms with van der Waals surface area (Å²) in [5, 5.41) is 9.01. The molecule has 0 aliphatic carbocycles. The Morgan fingerprint density at radius 1 is 1.44 bits per heavy atom. The Balaban J connectivity index is 2.06. The maximum atomic E-state index is 11.2. The minimum absolute atomic E-state index is 0.0893. The molecule has 0 atom stereocenters. The van der Waals surface area contributed by atoms with Gasteiger partial charge in [0.15, 0.2) is 0 Å². The summed E-state index contributed by atoms with van der Waals surface area (Å²) in [5.74, 6) is 0.551. The number of nitrogens with zero attached hydrogens (tertiary/aromatic N) is 2. The Morgan fingerprint density at radius 3 is 2.94 bits per heavy atom. The molecule has 94 valence electrons.